The van der Waals surface area contributed by atoms with E-state index in [2.05, 4.69) is 14.5 Å². The molecular formula is C5H2O6. The Morgan fingerprint density at radius 2 is 1.73 bits per heavy atom. The number of esters is 2. The van der Waals surface area contributed by atoms with E-state index in [9.17, 15) is 14.4 Å². The Labute approximate surface area is 59.9 Å². The van der Waals surface area contributed by atoms with Crippen molar-refractivity contribution in [2.45, 2.75) is 0 Å². The fraction of sp³-hybridized carbons (Fsp3) is 0.400. The Balaban J connectivity index is 2.40. The van der Waals surface area contributed by atoms with Gasteiger partial charge in [0.25, 0.3) is 5.41 Å². The van der Waals surface area contributed by atoms with Crippen molar-refractivity contribution < 1.29 is 28.9 Å². The molecular weight excluding hydrogens is 156 g/mol. The molecule has 0 aromatic heterocycles. The van der Waals surface area contributed by atoms with E-state index in [1.165, 1.54) is 0 Å². The average Bonchev–Trinajstić information content (AvgIpc) is 2.34. The van der Waals surface area contributed by atoms with Crippen molar-refractivity contribution in [1.82, 2.24) is 0 Å². The third kappa shape index (κ3) is 0.487. The smallest absolute Gasteiger partial charge is 0.373 e. The molecule has 0 aliphatic carbocycles. The number of rotatable bonds is 0. The molecule has 0 aromatic carbocycles. The molecule has 2 aliphatic heterocycles. The summed E-state index contributed by atoms with van der Waals surface area (Å²) in [5.41, 5.74) is -1.79. The molecule has 2 saturated heterocycles. The van der Waals surface area contributed by atoms with Crippen molar-refractivity contribution in [1.29, 1.82) is 0 Å². The Hall–Kier alpha value is -1.43. The predicted octanol–water partition coefficient (Wildman–Crippen LogP) is -1.46. The summed E-state index contributed by atoms with van der Waals surface area (Å²) >= 11 is 0. The molecule has 6 nitrogen and oxygen atoms in total. The maximum atomic E-state index is 10.7. The summed E-state index contributed by atoms with van der Waals surface area (Å²) in [6, 6.07) is 0. The van der Waals surface area contributed by atoms with Crippen LogP contribution < -0.4 is 0 Å². The highest BCUT2D eigenvalue weighted by atomic mass is 17.2. The number of ether oxygens (including phenoxy) is 1. The van der Waals surface area contributed by atoms with Crippen LogP contribution in [0.25, 0.3) is 0 Å². The second kappa shape index (κ2) is 1.59. The Morgan fingerprint density at radius 3 is 2.00 bits per heavy atom. The number of hydrogen-bond acceptors (Lipinski definition) is 6. The molecule has 11 heavy (non-hydrogen) atoms. The molecule has 0 amide bonds. The number of cyclic esters (lactones) is 2. The topological polar surface area (TPSA) is 78.9 Å². The van der Waals surface area contributed by atoms with Crippen LogP contribution in [0.5, 0.6) is 0 Å². The Bertz CT molecular complexity index is 252. The van der Waals surface area contributed by atoms with Gasteiger partial charge < -0.3 is 4.74 Å². The van der Waals surface area contributed by atoms with Gasteiger partial charge in [-0.15, -0.1) is 0 Å². The first-order chi connectivity index (χ1) is 5.18. The molecule has 0 atom stereocenters. The lowest BCUT2D eigenvalue weighted by molar-refractivity contribution is -0.240. The summed E-state index contributed by atoms with van der Waals surface area (Å²) in [5, 5.41) is 0. The second-order valence-electron chi connectivity index (χ2n) is 2.22. The van der Waals surface area contributed by atoms with Crippen molar-refractivity contribution >= 4 is 17.9 Å². The maximum Gasteiger partial charge on any atom is 0.373 e. The summed E-state index contributed by atoms with van der Waals surface area (Å²) in [5.74, 6) is -2.78. The number of hydrogen-bond donors (Lipinski definition) is 0. The van der Waals surface area contributed by atoms with Crippen LogP contribution in [0.1, 0.15) is 0 Å². The molecule has 0 radical (unpaired) electrons. The van der Waals surface area contributed by atoms with E-state index < -0.39 is 23.3 Å². The van der Waals surface area contributed by atoms with Crippen LogP contribution in [0, 0.1) is 5.41 Å². The maximum absolute atomic E-state index is 10.7. The van der Waals surface area contributed by atoms with Gasteiger partial charge in [0.05, 0.1) is 0 Å². The van der Waals surface area contributed by atoms with Gasteiger partial charge in [-0.25, -0.2) is 14.4 Å². The van der Waals surface area contributed by atoms with E-state index in [0.29, 0.717) is 0 Å². The zero-order chi connectivity index (χ0) is 8.06. The van der Waals surface area contributed by atoms with Crippen LogP contribution in [-0.2, 0) is 28.9 Å². The van der Waals surface area contributed by atoms with Crippen LogP contribution in [0.15, 0.2) is 0 Å². The van der Waals surface area contributed by atoms with E-state index in [1.807, 2.05) is 0 Å². The van der Waals surface area contributed by atoms with Gasteiger partial charge in [0.2, 0.25) is 0 Å². The number of carbonyl (C=O) groups is 3. The Morgan fingerprint density at radius 1 is 1.09 bits per heavy atom. The van der Waals surface area contributed by atoms with Crippen molar-refractivity contribution in [2.24, 2.45) is 5.41 Å². The quantitative estimate of drug-likeness (QED) is 0.243. The van der Waals surface area contributed by atoms with Gasteiger partial charge in [-0.2, -0.15) is 4.89 Å². The minimum absolute atomic E-state index is 0.372. The molecule has 0 bridgehead atoms. The lowest BCUT2D eigenvalue weighted by atomic mass is 9.86. The largest absolute Gasteiger partial charge is 0.390 e. The first-order valence-electron chi connectivity index (χ1n) is 2.78. The average molecular weight is 158 g/mol. The standard InChI is InChI=1S/C5H2O6/c6-2-5(3(7)10-2)1-9-11-4(5)8/h1H2. The molecule has 2 aliphatic rings. The highest BCUT2D eigenvalue weighted by Crippen LogP contribution is 2.36. The van der Waals surface area contributed by atoms with E-state index in [4.69, 9.17) is 0 Å². The van der Waals surface area contributed by atoms with Crippen LogP contribution in [-0.4, -0.2) is 24.5 Å². The van der Waals surface area contributed by atoms with Crippen molar-refractivity contribution in [3.63, 3.8) is 0 Å². The van der Waals surface area contributed by atoms with Gasteiger partial charge >= 0.3 is 17.9 Å². The molecule has 2 rings (SSSR count). The SMILES string of the molecule is O=C1OOCC12C(=O)OC2=O. The minimum Gasteiger partial charge on any atom is -0.390 e. The van der Waals surface area contributed by atoms with Gasteiger partial charge in [0, 0.05) is 0 Å². The molecule has 2 heterocycles. The highest BCUT2D eigenvalue weighted by Gasteiger charge is 2.70. The third-order valence-corrected chi connectivity index (χ3v) is 1.64. The Kier molecular flexibility index (Phi) is 0.910. The molecule has 2 fully saturated rings. The summed E-state index contributed by atoms with van der Waals surface area (Å²) in [7, 11) is 0. The van der Waals surface area contributed by atoms with Gasteiger partial charge in [0.1, 0.15) is 6.61 Å². The highest BCUT2D eigenvalue weighted by molar-refractivity contribution is 6.28. The molecule has 0 N–H and O–H groups in total. The molecule has 6 heteroatoms. The van der Waals surface area contributed by atoms with E-state index in [0.717, 1.165) is 0 Å². The summed E-state index contributed by atoms with van der Waals surface area (Å²) in [6.45, 7) is -0.372. The number of carbonyl (C=O) groups excluding carboxylic acids is 3. The van der Waals surface area contributed by atoms with Crippen LogP contribution in [0.2, 0.25) is 0 Å². The summed E-state index contributed by atoms with van der Waals surface area (Å²) in [6.07, 6.45) is 0. The van der Waals surface area contributed by atoms with E-state index in [1.54, 1.807) is 0 Å². The van der Waals surface area contributed by atoms with E-state index >= 15 is 0 Å². The molecule has 0 unspecified atom stereocenters. The lowest BCUT2D eigenvalue weighted by Crippen LogP contribution is -2.58. The van der Waals surface area contributed by atoms with Crippen LogP contribution >= 0.6 is 0 Å². The fourth-order valence-corrected chi connectivity index (χ4v) is 0.881. The zero-order valence-electron chi connectivity index (χ0n) is 5.16. The minimum atomic E-state index is -1.79. The van der Waals surface area contributed by atoms with Crippen LogP contribution in [0.3, 0.4) is 0 Å². The molecule has 58 valence electrons. The molecule has 1 spiro atoms. The van der Waals surface area contributed by atoms with Crippen LogP contribution in [0.4, 0.5) is 0 Å². The normalized spacial score (nSPS) is 26.4. The zero-order valence-corrected chi connectivity index (χ0v) is 5.16. The van der Waals surface area contributed by atoms with Crippen molar-refractivity contribution in [3.8, 4) is 0 Å². The first kappa shape index (κ1) is 6.29. The summed E-state index contributed by atoms with van der Waals surface area (Å²) in [4.78, 5) is 40.2. The van der Waals surface area contributed by atoms with Gasteiger partial charge in [-0.3, -0.25) is 4.89 Å². The van der Waals surface area contributed by atoms with Crippen molar-refractivity contribution in [2.75, 3.05) is 6.61 Å². The second-order valence-corrected chi connectivity index (χ2v) is 2.22. The monoisotopic (exact) mass is 158 g/mol. The van der Waals surface area contributed by atoms with Gasteiger partial charge in [-0.1, -0.05) is 0 Å². The molecule has 0 saturated carbocycles. The first-order valence-corrected chi connectivity index (χ1v) is 2.78. The third-order valence-electron chi connectivity index (χ3n) is 1.64. The lowest BCUT2D eigenvalue weighted by Gasteiger charge is -2.25. The van der Waals surface area contributed by atoms with Crippen molar-refractivity contribution in [3.05, 3.63) is 0 Å². The van der Waals surface area contributed by atoms with Gasteiger partial charge in [0.15, 0.2) is 0 Å². The fourth-order valence-electron chi connectivity index (χ4n) is 0.881. The predicted molar refractivity (Wildman–Crippen MR) is 25.6 cm³/mol. The van der Waals surface area contributed by atoms with E-state index in [-0.39, 0.29) is 6.61 Å². The van der Waals surface area contributed by atoms with Gasteiger partial charge in [-0.05, 0) is 0 Å². The molecule has 0 aromatic rings. The summed E-state index contributed by atoms with van der Waals surface area (Å²) < 4.78 is 3.99.